The number of nitrogens with zero attached hydrogens (tertiary/aromatic N) is 4. The van der Waals surface area contributed by atoms with Gasteiger partial charge in [-0.3, -0.25) is 14.8 Å². The van der Waals surface area contributed by atoms with E-state index in [0.29, 0.717) is 24.8 Å². The maximum Gasteiger partial charge on any atom is 0.274 e. The minimum Gasteiger partial charge on any atom is -0.379 e. The van der Waals surface area contributed by atoms with Crippen LogP contribution in [-0.2, 0) is 17.8 Å². The molecule has 0 atom stereocenters. The SMILES string of the molecule is Cc1ccc(CNc2nc3nc(CN4CCOCC4)cc(=O)n3[nH]2)cc1. The number of anilines is 1. The highest BCUT2D eigenvalue weighted by Crippen LogP contribution is 2.08. The average Bonchev–Trinajstić information content (AvgIpc) is 3.06. The first kappa shape index (κ1) is 16.7. The molecule has 26 heavy (non-hydrogen) atoms. The van der Waals surface area contributed by atoms with Gasteiger partial charge in [-0.05, 0) is 12.5 Å². The number of rotatable bonds is 5. The van der Waals surface area contributed by atoms with E-state index in [1.54, 1.807) is 6.07 Å². The van der Waals surface area contributed by atoms with Crippen LogP contribution in [0.3, 0.4) is 0 Å². The standard InChI is InChI=1S/C18H22N6O2/c1-13-2-4-14(5-3-13)11-19-17-21-18-20-15(10-16(25)24(18)22-17)12-23-6-8-26-9-7-23/h2-5,10H,6-9,11-12H2,1H3,(H2,19,20,21,22). The third-order valence-corrected chi connectivity index (χ3v) is 4.45. The van der Waals surface area contributed by atoms with Gasteiger partial charge in [0.05, 0.1) is 18.9 Å². The lowest BCUT2D eigenvalue weighted by molar-refractivity contribution is 0.0336. The van der Waals surface area contributed by atoms with Crippen molar-refractivity contribution >= 4 is 11.7 Å². The van der Waals surface area contributed by atoms with Gasteiger partial charge in [0.2, 0.25) is 5.95 Å². The van der Waals surface area contributed by atoms with Crippen LogP contribution in [0, 0.1) is 6.92 Å². The summed E-state index contributed by atoms with van der Waals surface area (Å²) in [7, 11) is 0. The van der Waals surface area contributed by atoms with Crippen molar-refractivity contribution in [2.75, 3.05) is 31.6 Å². The zero-order valence-electron chi connectivity index (χ0n) is 14.7. The molecule has 0 spiro atoms. The fourth-order valence-electron chi connectivity index (χ4n) is 2.97. The van der Waals surface area contributed by atoms with E-state index in [0.717, 1.165) is 37.6 Å². The Bertz CT molecular complexity index is 940. The summed E-state index contributed by atoms with van der Waals surface area (Å²) in [4.78, 5) is 23.5. The third kappa shape index (κ3) is 3.76. The molecule has 1 saturated heterocycles. The topological polar surface area (TPSA) is 87.5 Å². The van der Waals surface area contributed by atoms with Gasteiger partial charge in [0, 0.05) is 32.2 Å². The number of aromatic amines is 1. The predicted octanol–water partition coefficient (Wildman–Crippen LogP) is 1.17. The van der Waals surface area contributed by atoms with E-state index in [4.69, 9.17) is 4.74 Å². The molecule has 8 heteroatoms. The second kappa shape index (κ2) is 7.27. The van der Waals surface area contributed by atoms with Gasteiger partial charge in [-0.1, -0.05) is 29.8 Å². The first-order valence-electron chi connectivity index (χ1n) is 8.75. The second-order valence-corrected chi connectivity index (χ2v) is 6.52. The van der Waals surface area contributed by atoms with Gasteiger partial charge in [0.1, 0.15) is 0 Å². The zero-order chi connectivity index (χ0) is 17.9. The van der Waals surface area contributed by atoms with Crippen molar-refractivity contribution in [2.45, 2.75) is 20.0 Å². The highest BCUT2D eigenvalue weighted by Gasteiger charge is 2.14. The van der Waals surface area contributed by atoms with Crippen molar-refractivity contribution in [2.24, 2.45) is 0 Å². The van der Waals surface area contributed by atoms with Gasteiger partial charge in [0.15, 0.2) is 0 Å². The van der Waals surface area contributed by atoms with Crippen molar-refractivity contribution in [3.63, 3.8) is 0 Å². The van der Waals surface area contributed by atoms with Crippen LogP contribution in [0.1, 0.15) is 16.8 Å². The number of nitrogens with one attached hydrogen (secondary N) is 2. The first-order chi connectivity index (χ1) is 12.7. The van der Waals surface area contributed by atoms with E-state index < -0.39 is 0 Å². The fourth-order valence-corrected chi connectivity index (χ4v) is 2.97. The molecule has 8 nitrogen and oxygen atoms in total. The van der Waals surface area contributed by atoms with E-state index in [1.807, 2.05) is 0 Å². The van der Waals surface area contributed by atoms with Crippen LogP contribution in [0.15, 0.2) is 35.1 Å². The Labute approximate surface area is 150 Å². The molecule has 3 heterocycles. The maximum absolute atomic E-state index is 12.3. The first-order valence-corrected chi connectivity index (χ1v) is 8.75. The highest BCUT2D eigenvalue weighted by atomic mass is 16.5. The molecule has 3 aromatic rings. The molecule has 1 aromatic carbocycles. The largest absolute Gasteiger partial charge is 0.379 e. The number of morpholine rings is 1. The van der Waals surface area contributed by atoms with Gasteiger partial charge in [-0.25, -0.2) is 4.98 Å². The van der Waals surface area contributed by atoms with E-state index in [9.17, 15) is 4.79 Å². The molecule has 0 saturated carbocycles. The lowest BCUT2D eigenvalue weighted by Crippen LogP contribution is -2.36. The number of aromatic nitrogens is 4. The molecule has 0 bridgehead atoms. The molecule has 2 aromatic heterocycles. The molecule has 0 unspecified atom stereocenters. The average molecular weight is 354 g/mol. The Kier molecular flexibility index (Phi) is 4.68. The summed E-state index contributed by atoms with van der Waals surface area (Å²) < 4.78 is 6.71. The van der Waals surface area contributed by atoms with Gasteiger partial charge in [0.25, 0.3) is 11.3 Å². The summed E-state index contributed by atoms with van der Waals surface area (Å²) in [5, 5.41) is 6.17. The Hall–Kier alpha value is -2.71. The predicted molar refractivity (Wildman–Crippen MR) is 98.2 cm³/mol. The van der Waals surface area contributed by atoms with Crippen molar-refractivity contribution in [3.8, 4) is 0 Å². The third-order valence-electron chi connectivity index (χ3n) is 4.45. The molecular weight excluding hydrogens is 332 g/mol. The van der Waals surface area contributed by atoms with Crippen molar-refractivity contribution in [3.05, 3.63) is 57.5 Å². The summed E-state index contributed by atoms with van der Waals surface area (Å²) in [6, 6.07) is 9.83. The second-order valence-electron chi connectivity index (χ2n) is 6.52. The van der Waals surface area contributed by atoms with E-state index in [2.05, 4.69) is 56.5 Å². The van der Waals surface area contributed by atoms with E-state index in [-0.39, 0.29) is 5.56 Å². The number of hydrogen-bond acceptors (Lipinski definition) is 6. The summed E-state index contributed by atoms with van der Waals surface area (Å²) in [6.07, 6.45) is 0. The monoisotopic (exact) mass is 354 g/mol. The molecule has 1 fully saturated rings. The number of fused-ring (bicyclic) bond motifs is 1. The quantitative estimate of drug-likeness (QED) is 0.715. The van der Waals surface area contributed by atoms with Crippen LogP contribution in [0.25, 0.3) is 5.78 Å². The van der Waals surface area contributed by atoms with E-state index >= 15 is 0 Å². The molecule has 4 rings (SSSR count). The Morgan fingerprint density at radius 1 is 1.19 bits per heavy atom. The number of hydrogen-bond donors (Lipinski definition) is 2. The minimum atomic E-state index is -0.158. The number of ether oxygens (including phenoxy) is 1. The van der Waals surface area contributed by atoms with Crippen molar-refractivity contribution in [1.82, 2.24) is 24.5 Å². The van der Waals surface area contributed by atoms with Crippen LogP contribution >= 0.6 is 0 Å². The number of H-pyrrole nitrogens is 1. The van der Waals surface area contributed by atoms with Crippen LogP contribution in [-0.4, -0.2) is 50.8 Å². The minimum absolute atomic E-state index is 0.158. The molecule has 136 valence electrons. The molecule has 0 amide bonds. The number of aryl methyl sites for hydroxylation is 1. The summed E-state index contributed by atoms with van der Waals surface area (Å²) in [6.45, 7) is 6.45. The Morgan fingerprint density at radius 3 is 2.73 bits per heavy atom. The Balaban J connectivity index is 1.49. The van der Waals surface area contributed by atoms with Gasteiger partial charge >= 0.3 is 0 Å². The summed E-state index contributed by atoms with van der Waals surface area (Å²) in [5.74, 6) is 0.908. The Morgan fingerprint density at radius 2 is 1.96 bits per heavy atom. The van der Waals surface area contributed by atoms with Crippen LogP contribution in [0.5, 0.6) is 0 Å². The molecule has 1 aliphatic rings. The van der Waals surface area contributed by atoms with Crippen LogP contribution in [0.4, 0.5) is 5.95 Å². The maximum atomic E-state index is 12.3. The van der Waals surface area contributed by atoms with Gasteiger partial charge in [-0.2, -0.15) is 9.50 Å². The fraction of sp³-hybridized carbons (Fsp3) is 0.389. The highest BCUT2D eigenvalue weighted by molar-refractivity contribution is 5.38. The zero-order valence-corrected chi connectivity index (χ0v) is 14.7. The van der Waals surface area contributed by atoms with Gasteiger partial charge in [-0.15, -0.1) is 0 Å². The normalized spacial score (nSPS) is 15.4. The molecule has 1 aliphatic heterocycles. The lowest BCUT2D eigenvalue weighted by atomic mass is 10.1. The van der Waals surface area contributed by atoms with E-state index in [1.165, 1.54) is 10.1 Å². The molecular formula is C18H22N6O2. The number of benzene rings is 1. The molecule has 0 aliphatic carbocycles. The van der Waals surface area contributed by atoms with Crippen molar-refractivity contribution < 1.29 is 4.74 Å². The van der Waals surface area contributed by atoms with Crippen LogP contribution < -0.4 is 10.9 Å². The molecule has 2 N–H and O–H groups in total. The smallest absolute Gasteiger partial charge is 0.274 e. The van der Waals surface area contributed by atoms with Crippen LogP contribution in [0.2, 0.25) is 0 Å². The summed E-state index contributed by atoms with van der Waals surface area (Å²) >= 11 is 0. The van der Waals surface area contributed by atoms with Crippen molar-refractivity contribution in [1.29, 1.82) is 0 Å². The van der Waals surface area contributed by atoms with Gasteiger partial charge < -0.3 is 10.1 Å². The summed E-state index contributed by atoms with van der Waals surface area (Å²) in [5.41, 5.74) is 2.94. The lowest BCUT2D eigenvalue weighted by Gasteiger charge is -2.25. The molecule has 0 radical (unpaired) electrons.